The molecule has 0 aliphatic heterocycles. The maximum absolute atomic E-state index is 12.9. The Labute approximate surface area is 118 Å². The number of nitrogens with two attached hydrogens (primary N) is 1. The van der Waals surface area contributed by atoms with E-state index in [9.17, 15) is 22.8 Å². The van der Waals surface area contributed by atoms with Gasteiger partial charge in [-0.2, -0.15) is 13.2 Å². The third-order valence-corrected chi connectivity index (χ3v) is 3.17. The molecular formula is C12H15F3N2O4. The van der Waals surface area contributed by atoms with Gasteiger partial charge in [-0.05, 0) is 19.3 Å². The number of carbonyl (C=O) groups is 2. The van der Waals surface area contributed by atoms with Gasteiger partial charge in [-0.3, -0.25) is 9.79 Å². The molecule has 9 heteroatoms. The monoisotopic (exact) mass is 308 g/mol. The third-order valence-electron chi connectivity index (χ3n) is 3.17. The summed E-state index contributed by atoms with van der Waals surface area (Å²) in [5, 5.41) is 8.76. The van der Waals surface area contributed by atoms with Crippen LogP contribution in [0.15, 0.2) is 16.8 Å². The van der Waals surface area contributed by atoms with Crippen molar-refractivity contribution < 1.29 is 32.6 Å². The van der Waals surface area contributed by atoms with Crippen LogP contribution in [0.25, 0.3) is 0 Å². The molecule has 1 aliphatic carbocycles. The zero-order chi connectivity index (χ0) is 16.2. The molecule has 0 aromatic rings. The number of aliphatic imine (C=N–C) groups is 1. The number of ether oxygens (including phenoxy) is 1. The van der Waals surface area contributed by atoms with Crippen LogP contribution in [0.4, 0.5) is 13.2 Å². The zero-order valence-corrected chi connectivity index (χ0v) is 11.2. The molecule has 0 heterocycles. The Bertz CT molecular complexity index is 485. The Morgan fingerprint density at radius 3 is 2.43 bits per heavy atom. The molecule has 0 unspecified atom stereocenters. The fourth-order valence-corrected chi connectivity index (χ4v) is 2.19. The molecule has 0 aromatic carbocycles. The van der Waals surface area contributed by atoms with Crippen LogP contribution in [0.2, 0.25) is 0 Å². The van der Waals surface area contributed by atoms with E-state index in [-0.39, 0.29) is 12.8 Å². The molecule has 21 heavy (non-hydrogen) atoms. The lowest BCUT2D eigenvalue weighted by Gasteiger charge is -2.14. The minimum absolute atomic E-state index is 0.0870. The second kappa shape index (κ2) is 6.59. The van der Waals surface area contributed by atoms with Crippen LogP contribution in [0, 0.1) is 5.92 Å². The topological polar surface area (TPSA) is 102 Å². The molecule has 1 fully saturated rings. The van der Waals surface area contributed by atoms with E-state index >= 15 is 0 Å². The highest BCUT2D eigenvalue weighted by Crippen LogP contribution is 2.31. The summed E-state index contributed by atoms with van der Waals surface area (Å²) in [5.74, 6) is -2.83. The number of hydrogen-bond donors (Lipinski definition) is 2. The van der Waals surface area contributed by atoms with E-state index in [1.54, 1.807) is 0 Å². The summed E-state index contributed by atoms with van der Waals surface area (Å²) in [6.45, 7) is 0. The van der Waals surface area contributed by atoms with Crippen LogP contribution >= 0.6 is 0 Å². The van der Waals surface area contributed by atoms with Gasteiger partial charge in [-0.1, -0.05) is 0 Å². The first-order valence-corrected chi connectivity index (χ1v) is 6.09. The lowest BCUT2D eigenvalue weighted by atomic mass is 10.1. The van der Waals surface area contributed by atoms with Crippen LogP contribution in [0.3, 0.4) is 0 Å². The number of aliphatic carboxylic acids is 1. The predicted molar refractivity (Wildman–Crippen MR) is 66.5 cm³/mol. The second-order valence-corrected chi connectivity index (χ2v) is 4.55. The van der Waals surface area contributed by atoms with E-state index in [1.165, 1.54) is 7.11 Å². The summed E-state index contributed by atoms with van der Waals surface area (Å²) in [7, 11) is 1.19. The predicted octanol–water partition coefficient (Wildman–Crippen LogP) is 1.26. The van der Waals surface area contributed by atoms with Crippen molar-refractivity contribution in [2.45, 2.75) is 31.5 Å². The Kier molecular flexibility index (Phi) is 5.34. The molecule has 0 bridgehead atoms. The lowest BCUT2D eigenvalue weighted by Crippen LogP contribution is -2.30. The first-order chi connectivity index (χ1) is 9.70. The number of carbonyl (C=O) groups excluding carboxylic acids is 1. The Hall–Kier alpha value is -2.06. The Balaban J connectivity index is 3.01. The number of alkyl halides is 3. The fraction of sp³-hybridized carbons (Fsp3) is 0.583. The van der Waals surface area contributed by atoms with Crippen LogP contribution < -0.4 is 5.73 Å². The average molecular weight is 308 g/mol. The van der Waals surface area contributed by atoms with Crippen molar-refractivity contribution in [1.82, 2.24) is 0 Å². The lowest BCUT2D eigenvalue weighted by molar-refractivity contribution is -0.145. The summed E-state index contributed by atoms with van der Waals surface area (Å²) >= 11 is 0. The molecule has 0 radical (unpaired) electrons. The van der Waals surface area contributed by atoms with Crippen molar-refractivity contribution in [1.29, 1.82) is 0 Å². The first kappa shape index (κ1) is 17.0. The molecule has 6 nitrogen and oxygen atoms in total. The van der Waals surface area contributed by atoms with Crippen LogP contribution in [-0.4, -0.2) is 42.1 Å². The minimum atomic E-state index is -4.94. The average Bonchev–Trinajstić information content (AvgIpc) is 2.84. The number of carboxylic acid groups (broad SMARTS) is 1. The van der Waals surface area contributed by atoms with Gasteiger partial charge in [0, 0.05) is 6.20 Å². The van der Waals surface area contributed by atoms with Crippen LogP contribution in [0.5, 0.6) is 0 Å². The maximum Gasteiger partial charge on any atom is 0.433 e. The quantitative estimate of drug-likeness (QED) is 0.462. The van der Waals surface area contributed by atoms with E-state index in [4.69, 9.17) is 10.8 Å². The van der Waals surface area contributed by atoms with Crippen molar-refractivity contribution in [3.05, 3.63) is 11.8 Å². The van der Waals surface area contributed by atoms with Gasteiger partial charge < -0.3 is 15.6 Å². The van der Waals surface area contributed by atoms with Gasteiger partial charge in [0.15, 0.2) is 5.71 Å². The SMILES string of the molecule is COC(=O)[C@@H]1CC[C@@H](N=C(C(=CN)C(=O)O)C(F)(F)F)C1. The summed E-state index contributed by atoms with van der Waals surface area (Å²) in [5.41, 5.74) is 2.30. The molecule has 0 amide bonds. The van der Waals surface area contributed by atoms with Crippen molar-refractivity contribution >= 4 is 17.7 Å². The van der Waals surface area contributed by atoms with E-state index in [2.05, 4.69) is 9.73 Å². The molecule has 118 valence electrons. The van der Waals surface area contributed by atoms with E-state index in [0.29, 0.717) is 12.6 Å². The summed E-state index contributed by atoms with van der Waals surface area (Å²) < 4.78 is 43.3. The number of carboxylic acids is 1. The molecule has 0 spiro atoms. The molecule has 1 rings (SSSR count). The summed E-state index contributed by atoms with van der Waals surface area (Å²) in [6, 6.07) is -0.792. The number of methoxy groups -OCH3 is 1. The molecule has 3 N–H and O–H groups in total. The molecule has 0 aromatic heterocycles. The number of hydrogen-bond acceptors (Lipinski definition) is 5. The number of nitrogens with zero attached hydrogens (tertiary/aromatic N) is 1. The van der Waals surface area contributed by atoms with Gasteiger partial charge in [0.1, 0.15) is 5.57 Å². The van der Waals surface area contributed by atoms with E-state index in [0.717, 1.165) is 0 Å². The highest BCUT2D eigenvalue weighted by Gasteiger charge is 2.42. The van der Waals surface area contributed by atoms with Crippen molar-refractivity contribution in [2.24, 2.45) is 16.6 Å². The standard InChI is InChI=1S/C12H15F3N2O4/c1-21-11(20)6-2-3-7(4-6)17-9(12(13,14)15)8(5-16)10(18)19/h5-7H,2-4,16H2,1H3,(H,18,19)/t6-,7-/m1/s1. The normalized spacial score (nSPS) is 24.0. The number of rotatable bonds is 4. The number of halogens is 3. The van der Waals surface area contributed by atoms with Gasteiger partial charge in [0.05, 0.1) is 19.1 Å². The minimum Gasteiger partial charge on any atom is -0.478 e. The second-order valence-electron chi connectivity index (χ2n) is 4.55. The Morgan fingerprint density at radius 2 is 2.00 bits per heavy atom. The van der Waals surface area contributed by atoms with Gasteiger partial charge in [0.25, 0.3) is 0 Å². The summed E-state index contributed by atoms with van der Waals surface area (Å²) in [4.78, 5) is 25.6. The van der Waals surface area contributed by atoms with Gasteiger partial charge in [-0.15, -0.1) is 0 Å². The van der Waals surface area contributed by atoms with E-state index in [1.807, 2.05) is 0 Å². The summed E-state index contributed by atoms with van der Waals surface area (Å²) in [6.07, 6.45) is -3.89. The highest BCUT2D eigenvalue weighted by atomic mass is 19.4. The first-order valence-electron chi connectivity index (χ1n) is 6.09. The third kappa shape index (κ3) is 4.20. The van der Waals surface area contributed by atoms with Crippen LogP contribution in [-0.2, 0) is 14.3 Å². The zero-order valence-electron chi connectivity index (χ0n) is 11.2. The van der Waals surface area contributed by atoms with E-state index < -0.39 is 41.4 Å². The van der Waals surface area contributed by atoms with Crippen molar-refractivity contribution in [3.8, 4) is 0 Å². The smallest absolute Gasteiger partial charge is 0.433 e. The fourth-order valence-electron chi connectivity index (χ4n) is 2.19. The molecule has 1 saturated carbocycles. The van der Waals surface area contributed by atoms with Gasteiger partial charge >= 0.3 is 18.1 Å². The Morgan fingerprint density at radius 1 is 1.38 bits per heavy atom. The van der Waals surface area contributed by atoms with Crippen molar-refractivity contribution in [2.75, 3.05) is 7.11 Å². The molecule has 2 atom stereocenters. The highest BCUT2D eigenvalue weighted by molar-refractivity contribution is 6.21. The molecule has 1 aliphatic rings. The van der Waals surface area contributed by atoms with Crippen LogP contribution in [0.1, 0.15) is 19.3 Å². The largest absolute Gasteiger partial charge is 0.478 e. The van der Waals surface area contributed by atoms with Gasteiger partial charge in [0.2, 0.25) is 0 Å². The molecule has 0 saturated heterocycles. The van der Waals surface area contributed by atoms with Gasteiger partial charge in [-0.25, -0.2) is 4.79 Å². The number of esters is 1. The van der Waals surface area contributed by atoms with Crippen molar-refractivity contribution in [3.63, 3.8) is 0 Å². The molecular weight excluding hydrogens is 293 g/mol. The maximum atomic E-state index is 12.9.